The van der Waals surface area contributed by atoms with E-state index in [0.29, 0.717) is 16.7 Å². The second-order valence-electron chi connectivity index (χ2n) is 3.23. The third-order valence-electron chi connectivity index (χ3n) is 2.03. The Balaban J connectivity index is 2.85. The normalized spacial score (nSPS) is 10.0. The van der Waals surface area contributed by atoms with Gasteiger partial charge in [-0.3, -0.25) is 4.79 Å². The molecule has 1 amide bonds. The molecule has 0 aliphatic heterocycles. The summed E-state index contributed by atoms with van der Waals surface area (Å²) in [6.07, 6.45) is 1.55. The minimum absolute atomic E-state index is 0.0634. The van der Waals surface area contributed by atoms with E-state index in [9.17, 15) is 14.9 Å². The average Bonchev–Trinajstić information content (AvgIpc) is 2.55. The van der Waals surface area contributed by atoms with Crippen molar-refractivity contribution in [2.24, 2.45) is 0 Å². The largest absolute Gasteiger partial charge is 0.404 e. The van der Waals surface area contributed by atoms with Crippen LogP contribution in [-0.4, -0.2) is 27.2 Å². The van der Waals surface area contributed by atoms with E-state index in [1.54, 1.807) is 13.0 Å². The highest BCUT2D eigenvalue weighted by Gasteiger charge is 2.24. The Labute approximate surface area is 106 Å². The van der Waals surface area contributed by atoms with Gasteiger partial charge in [0.1, 0.15) is 11.0 Å². The predicted molar refractivity (Wildman–Crippen MR) is 64.5 cm³/mol. The van der Waals surface area contributed by atoms with E-state index in [4.69, 9.17) is 0 Å². The fraction of sp³-hybridized carbons (Fsp3) is 0.333. The van der Waals surface area contributed by atoms with Crippen molar-refractivity contribution < 1.29 is 9.72 Å². The van der Waals surface area contributed by atoms with Crippen LogP contribution in [0.3, 0.4) is 0 Å². The second-order valence-corrected chi connectivity index (χ2v) is 4.02. The van der Waals surface area contributed by atoms with Crippen LogP contribution in [0.2, 0.25) is 0 Å². The zero-order valence-electron chi connectivity index (χ0n) is 9.14. The average molecular weight is 303 g/mol. The van der Waals surface area contributed by atoms with Crippen LogP contribution in [0, 0.1) is 17.0 Å². The van der Waals surface area contributed by atoms with Gasteiger partial charge in [0.25, 0.3) is 0 Å². The minimum Gasteiger partial charge on any atom is -0.358 e. The lowest BCUT2D eigenvalue weighted by atomic mass is 10.4. The number of nitro groups is 1. The Morgan fingerprint density at radius 1 is 1.76 bits per heavy atom. The van der Waals surface area contributed by atoms with Crippen LogP contribution in [0.25, 0.3) is 0 Å². The van der Waals surface area contributed by atoms with Gasteiger partial charge in [-0.05, 0) is 27.8 Å². The van der Waals surface area contributed by atoms with Crippen LogP contribution >= 0.6 is 15.9 Å². The number of hydrogen-bond acceptors (Lipinski definition) is 4. The van der Waals surface area contributed by atoms with Gasteiger partial charge >= 0.3 is 5.82 Å². The Kier molecular flexibility index (Phi) is 4.38. The van der Waals surface area contributed by atoms with Gasteiger partial charge < -0.3 is 15.4 Å². The van der Waals surface area contributed by atoms with Crippen LogP contribution in [0.4, 0.5) is 5.82 Å². The van der Waals surface area contributed by atoms with Crippen molar-refractivity contribution in [1.29, 1.82) is 0 Å². The number of halogens is 1. The van der Waals surface area contributed by atoms with Crippen LogP contribution in [0.15, 0.2) is 17.1 Å². The molecule has 17 heavy (non-hydrogen) atoms. The monoisotopic (exact) mass is 302 g/mol. The number of carbonyl (C=O) groups is 1. The zero-order valence-corrected chi connectivity index (χ0v) is 10.7. The third-order valence-corrected chi connectivity index (χ3v) is 2.95. The molecule has 1 rings (SSSR count). The SMILES string of the molecule is C=CCNC(=O)Cn1nc([N+](=O)[O-])c(Br)c1C. The van der Waals surface area contributed by atoms with E-state index >= 15 is 0 Å². The van der Waals surface area contributed by atoms with E-state index in [1.807, 2.05) is 0 Å². The molecule has 0 spiro atoms. The second kappa shape index (κ2) is 5.58. The molecule has 1 N–H and O–H groups in total. The molecule has 0 unspecified atom stereocenters. The molecule has 0 bridgehead atoms. The lowest BCUT2D eigenvalue weighted by molar-refractivity contribution is -0.390. The van der Waals surface area contributed by atoms with Crippen molar-refractivity contribution in [3.05, 3.63) is 32.9 Å². The highest BCUT2D eigenvalue weighted by molar-refractivity contribution is 9.10. The van der Waals surface area contributed by atoms with E-state index in [2.05, 4.69) is 32.9 Å². The summed E-state index contributed by atoms with van der Waals surface area (Å²) in [6, 6.07) is 0. The number of carbonyl (C=O) groups excluding carboxylic acids is 1. The summed E-state index contributed by atoms with van der Waals surface area (Å²) in [7, 11) is 0. The first-order chi connectivity index (χ1) is 7.97. The Morgan fingerprint density at radius 2 is 2.41 bits per heavy atom. The first-order valence-corrected chi connectivity index (χ1v) is 5.51. The molecule has 7 nitrogen and oxygen atoms in total. The quantitative estimate of drug-likeness (QED) is 0.502. The van der Waals surface area contributed by atoms with Gasteiger partial charge in [-0.2, -0.15) is 4.68 Å². The Morgan fingerprint density at radius 3 is 2.88 bits per heavy atom. The maximum absolute atomic E-state index is 11.4. The number of nitrogens with zero attached hydrogens (tertiary/aromatic N) is 3. The first kappa shape index (κ1) is 13.4. The van der Waals surface area contributed by atoms with Gasteiger partial charge in [-0.15, -0.1) is 6.58 Å². The van der Waals surface area contributed by atoms with Crippen LogP contribution in [0.1, 0.15) is 5.69 Å². The van der Waals surface area contributed by atoms with Gasteiger partial charge in [0, 0.05) is 6.54 Å². The molecule has 92 valence electrons. The van der Waals surface area contributed by atoms with Gasteiger partial charge in [0.05, 0.1) is 10.8 Å². The molecule has 0 aliphatic carbocycles. The van der Waals surface area contributed by atoms with E-state index < -0.39 is 4.92 Å². The standard InChI is InChI=1S/C9H11BrN4O3/c1-3-4-11-7(15)5-13-6(2)8(10)9(12-13)14(16)17/h3H,1,4-5H2,2H3,(H,11,15). The number of aromatic nitrogens is 2. The fourth-order valence-electron chi connectivity index (χ4n) is 1.16. The molecular weight excluding hydrogens is 292 g/mol. The van der Waals surface area contributed by atoms with Crippen molar-refractivity contribution in [3.63, 3.8) is 0 Å². The van der Waals surface area contributed by atoms with Crippen molar-refractivity contribution in [1.82, 2.24) is 15.1 Å². The molecule has 1 aromatic rings. The van der Waals surface area contributed by atoms with Gasteiger partial charge in [0.2, 0.25) is 5.91 Å². The van der Waals surface area contributed by atoms with Crippen LogP contribution in [-0.2, 0) is 11.3 Å². The van der Waals surface area contributed by atoms with E-state index in [1.165, 1.54) is 4.68 Å². The van der Waals surface area contributed by atoms with Crippen molar-refractivity contribution in [3.8, 4) is 0 Å². The molecule has 0 aromatic carbocycles. The Bertz CT molecular complexity index is 469. The summed E-state index contributed by atoms with van der Waals surface area (Å²) in [5, 5.41) is 16.9. The van der Waals surface area contributed by atoms with E-state index in [0.717, 1.165) is 0 Å². The van der Waals surface area contributed by atoms with Crippen LogP contribution in [0.5, 0.6) is 0 Å². The lowest BCUT2D eigenvalue weighted by Crippen LogP contribution is -2.28. The molecule has 0 atom stereocenters. The number of hydrogen-bond donors (Lipinski definition) is 1. The summed E-state index contributed by atoms with van der Waals surface area (Å²) < 4.78 is 1.57. The van der Waals surface area contributed by atoms with Gasteiger partial charge in [-0.1, -0.05) is 6.08 Å². The molecule has 8 heteroatoms. The number of rotatable bonds is 5. The fourth-order valence-corrected chi connectivity index (χ4v) is 1.59. The molecule has 1 aromatic heterocycles. The molecule has 1 heterocycles. The molecule has 0 fully saturated rings. The lowest BCUT2D eigenvalue weighted by Gasteiger charge is -2.00. The highest BCUT2D eigenvalue weighted by atomic mass is 79.9. The van der Waals surface area contributed by atoms with E-state index in [-0.39, 0.29) is 18.3 Å². The summed E-state index contributed by atoms with van der Waals surface area (Å²) in [5.41, 5.74) is 0.533. The van der Waals surface area contributed by atoms with Gasteiger partial charge in [0.15, 0.2) is 0 Å². The zero-order chi connectivity index (χ0) is 13.0. The summed E-state index contributed by atoms with van der Waals surface area (Å²) >= 11 is 3.07. The molecular formula is C9H11BrN4O3. The smallest absolute Gasteiger partial charge is 0.358 e. The predicted octanol–water partition coefficient (Wildman–Crippen LogP) is 1.16. The molecule has 0 saturated carbocycles. The minimum atomic E-state index is -0.602. The topological polar surface area (TPSA) is 90.1 Å². The van der Waals surface area contributed by atoms with Crippen LogP contribution < -0.4 is 5.32 Å². The first-order valence-electron chi connectivity index (χ1n) is 4.72. The highest BCUT2D eigenvalue weighted by Crippen LogP contribution is 2.26. The van der Waals surface area contributed by atoms with Crippen molar-refractivity contribution >= 4 is 27.7 Å². The summed E-state index contributed by atoms with van der Waals surface area (Å²) in [5.74, 6) is -0.572. The molecule has 0 saturated heterocycles. The van der Waals surface area contributed by atoms with Gasteiger partial charge in [-0.25, -0.2) is 0 Å². The number of nitrogens with one attached hydrogen (secondary N) is 1. The molecule has 0 aliphatic rings. The van der Waals surface area contributed by atoms with Crippen molar-refractivity contribution in [2.45, 2.75) is 13.5 Å². The summed E-state index contributed by atoms with van der Waals surface area (Å²) in [6.45, 7) is 5.39. The molecule has 0 radical (unpaired) electrons. The maximum atomic E-state index is 11.4. The summed E-state index contributed by atoms with van der Waals surface area (Å²) in [4.78, 5) is 21.4. The number of amides is 1. The maximum Gasteiger partial charge on any atom is 0.404 e. The van der Waals surface area contributed by atoms with Crippen molar-refractivity contribution in [2.75, 3.05) is 6.54 Å². The third kappa shape index (κ3) is 3.13. The Hall–Kier alpha value is -1.70.